The van der Waals surface area contributed by atoms with Gasteiger partial charge in [-0.15, -0.1) is 0 Å². The Balaban J connectivity index is 1.82. The second kappa shape index (κ2) is 12.0. The van der Waals surface area contributed by atoms with Gasteiger partial charge in [-0.05, 0) is 25.1 Å². The number of anilines is 1. The molecule has 0 saturated carbocycles. The van der Waals surface area contributed by atoms with Gasteiger partial charge in [-0.1, -0.05) is 46.3 Å². The molecule has 166 valence electrons. The lowest BCUT2D eigenvalue weighted by atomic mass is 9.97. The summed E-state index contributed by atoms with van der Waals surface area (Å²) in [5.41, 5.74) is 2.71. The van der Waals surface area contributed by atoms with Crippen LogP contribution in [-0.4, -0.2) is 57.9 Å². The molecular formula is C23H30BrN3O4+2. The molecular weight excluding hydrogens is 462 g/mol. The van der Waals surface area contributed by atoms with E-state index in [0.717, 1.165) is 34.4 Å². The number of halogens is 1. The molecule has 0 spiro atoms. The van der Waals surface area contributed by atoms with Crippen LogP contribution in [-0.2, 0) is 19.1 Å². The summed E-state index contributed by atoms with van der Waals surface area (Å²) in [4.78, 5) is 26.0. The van der Waals surface area contributed by atoms with Crippen LogP contribution in [0.5, 0.6) is 0 Å². The minimum absolute atomic E-state index is 0.0299. The van der Waals surface area contributed by atoms with Gasteiger partial charge in [0.15, 0.2) is 13.1 Å². The molecule has 2 aromatic rings. The van der Waals surface area contributed by atoms with Crippen molar-refractivity contribution in [2.45, 2.75) is 13.0 Å². The fourth-order valence-electron chi connectivity index (χ4n) is 3.70. The molecule has 2 aromatic carbocycles. The maximum atomic E-state index is 12.8. The molecule has 1 heterocycles. The van der Waals surface area contributed by atoms with Crippen LogP contribution in [0.1, 0.15) is 24.1 Å². The maximum Gasteiger partial charge on any atom is 0.361 e. The molecule has 1 atom stereocenters. The van der Waals surface area contributed by atoms with Crippen LogP contribution in [0.4, 0.5) is 5.69 Å². The number of nitrogens with one attached hydrogen (secondary N) is 2. The molecule has 1 aliphatic rings. The van der Waals surface area contributed by atoms with E-state index in [9.17, 15) is 9.59 Å². The Morgan fingerprint density at radius 1 is 1.19 bits per heavy atom. The number of carbonyl (C=O) groups is 2. The van der Waals surface area contributed by atoms with Gasteiger partial charge in [0.05, 0.1) is 25.5 Å². The highest BCUT2D eigenvalue weighted by atomic mass is 79.9. The number of amides is 1. The number of hydrogen-bond donors (Lipinski definition) is 3. The molecule has 0 aliphatic carbocycles. The summed E-state index contributed by atoms with van der Waals surface area (Å²) in [5, 5.41) is 5.03. The lowest BCUT2D eigenvalue weighted by Crippen LogP contribution is -3.15. The van der Waals surface area contributed by atoms with Gasteiger partial charge in [0.2, 0.25) is 0 Å². The smallest absolute Gasteiger partial charge is 0.361 e. The molecule has 31 heavy (non-hydrogen) atoms. The van der Waals surface area contributed by atoms with Crippen molar-refractivity contribution in [2.24, 2.45) is 0 Å². The molecule has 1 saturated heterocycles. The highest BCUT2D eigenvalue weighted by Gasteiger charge is 2.25. The van der Waals surface area contributed by atoms with E-state index in [1.165, 1.54) is 4.90 Å². The summed E-state index contributed by atoms with van der Waals surface area (Å²) in [7, 11) is 0. The molecule has 7 nitrogen and oxygen atoms in total. The van der Waals surface area contributed by atoms with Gasteiger partial charge in [0.25, 0.3) is 5.91 Å². The number of morpholine rings is 1. The van der Waals surface area contributed by atoms with Crippen molar-refractivity contribution in [1.29, 1.82) is 0 Å². The minimum atomic E-state index is -0.264. The maximum absolute atomic E-state index is 12.8. The number of benzene rings is 2. The number of carbonyl (C=O) groups excluding carboxylic acids is 2. The predicted octanol–water partition coefficient (Wildman–Crippen LogP) is 0.519. The molecule has 8 heteroatoms. The highest BCUT2D eigenvalue weighted by Crippen LogP contribution is 2.29. The van der Waals surface area contributed by atoms with Crippen LogP contribution in [0.3, 0.4) is 0 Å². The lowest BCUT2D eigenvalue weighted by Gasteiger charge is -2.24. The van der Waals surface area contributed by atoms with Crippen molar-refractivity contribution in [1.82, 2.24) is 0 Å². The molecule has 0 aromatic heterocycles. The Labute approximate surface area is 191 Å². The molecule has 1 amide bonds. The van der Waals surface area contributed by atoms with Gasteiger partial charge >= 0.3 is 5.97 Å². The third-order valence-electron chi connectivity index (χ3n) is 5.22. The van der Waals surface area contributed by atoms with Crippen LogP contribution in [0, 0.1) is 0 Å². The summed E-state index contributed by atoms with van der Waals surface area (Å²) in [5.74, 6) is -0.294. The van der Waals surface area contributed by atoms with Gasteiger partial charge in [-0.3, -0.25) is 4.79 Å². The van der Waals surface area contributed by atoms with Gasteiger partial charge in [0, 0.05) is 15.6 Å². The summed E-state index contributed by atoms with van der Waals surface area (Å²) >= 11 is 3.55. The van der Waals surface area contributed by atoms with Crippen molar-refractivity contribution >= 4 is 33.5 Å². The first kappa shape index (κ1) is 23.4. The second-order valence-corrected chi connectivity index (χ2v) is 8.37. The Hall–Kier alpha value is -2.26. The van der Waals surface area contributed by atoms with Gasteiger partial charge in [0.1, 0.15) is 19.1 Å². The number of esters is 1. The van der Waals surface area contributed by atoms with Crippen LogP contribution in [0.2, 0.25) is 0 Å². The molecule has 1 fully saturated rings. The fourth-order valence-corrected chi connectivity index (χ4v) is 4.08. The standard InChI is InChI=1S/C23H28BrN3O4/c1-2-31-22(29)15-25-23(17-6-4-3-5-7-17)19-14-18(24)8-9-20(19)26-21(28)16-27-10-12-30-13-11-27/h3-9,14,23,25H,2,10-13,15-16H2,1H3,(H,26,28)/p+2/t23-/m1/s1. The Kier molecular flexibility index (Phi) is 9.02. The number of hydrogen-bond acceptors (Lipinski definition) is 4. The Morgan fingerprint density at radius 2 is 1.94 bits per heavy atom. The molecule has 4 N–H and O–H groups in total. The lowest BCUT2D eigenvalue weighted by molar-refractivity contribution is -0.899. The van der Waals surface area contributed by atoms with Gasteiger partial charge in [-0.25, -0.2) is 4.79 Å². The predicted molar refractivity (Wildman–Crippen MR) is 121 cm³/mol. The van der Waals surface area contributed by atoms with Crippen molar-refractivity contribution < 1.29 is 29.3 Å². The van der Waals surface area contributed by atoms with Crippen molar-refractivity contribution in [2.75, 3.05) is 51.3 Å². The van der Waals surface area contributed by atoms with E-state index in [1.54, 1.807) is 6.92 Å². The average molecular weight is 492 g/mol. The first-order valence-corrected chi connectivity index (χ1v) is 11.4. The zero-order valence-corrected chi connectivity index (χ0v) is 19.3. The quantitative estimate of drug-likeness (QED) is 0.446. The highest BCUT2D eigenvalue weighted by molar-refractivity contribution is 9.10. The van der Waals surface area contributed by atoms with Gasteiger partial charge < -0.3 is 25.0 Å². The summed E-state index contributed by atoms with van der Waals surface area (Å²) in [6.45, 7) is 5.78. The van der Waals surface area contributed by atoms with Crippen molar-refractivity contribution in [3.8, 4) is 0 Å². The number of rotatable bonds is 9. The topological polar surface area (TPSA) is 85.7 Å². The second-order valence-electron chi connectivity index (χ2n) is 7.45. The summed E-state index contributed by atoms with van der Waals surface area (Å²) in [6.07, 6.45) is 0. The zero-order chi connectivity index (χ0) is 22.1. The first-order chi connectivity index (χ1) is 15.1. The van der Waals surface area contributed by atoms with E-state index in [1.807, 2.05) is 53.8 Å². The zero-order valence-electron chi connectivity index (χ0n) is 17.7. The third kappa shape index (κ3) is 7.14. The van der Waals surface area contributed by atoms with Crippen LogP contribution < -0.4 is 15.5 Å². The van der Waals surface area contributed by atoms with Crippen molar-refractivity contribution in [3.05, 3.63) is 64.1 Å². The Bertz CT molecular complexity index is 872. The summed E-state index contributed by atoms with van der Waals surface area (Å²) < 4.78 is 11.4. The van der Waals surface area contributed by atoms with E-state index >= 15 is 0 Å². The average Bonchev–Trinajstić information content (AvgIpc) is 2.77. The third-order valence-corrected chi connectivity index (χ3v) is 5.71. The van der Waals surface area contributed by atoms with E-state index in [-0.39, 0.29) is 24.5 Å². The first-order valence-electron chi connectivity index (χ1n) is 10.6. The minimum Gasteiger partial charge on any atom is -0.462 e. The molecule has 0 bridgehead atoms. The van der Waals surface area contributed by atoms with Crippen molar-refractivity contribution in [3.63, 3.8) is 0 Å². The van der Waals surface area contributed by atoms with E-state index in [4.69, 9.17) is 9.47 Å². The normalized spacial score (nSPS) is 15.3. The monoisotopic (exact) mass is 491 g/mol. The van der Waals surface area contributed by atoms with E-state index in [0.29, 0.717) is 26.4 Å². The molecule has 3 rings (SSSR count). The van der Waals surface area contributed by atoms with Crippen LogP contribution in [0.25, 0.3) is 0 Å². The van der Waals surface area contributed by atoms with E-state index in [2.05, 4.69) is 21.2 Å². The van der Waals surface area contributed by atoms with Crippen LogP contribution >= 0.6 is 15.9 Å². The SMILES string of the molecule is CCOC(=O)C[NH2+][C@H](c1ccccc1)c1cc(Br)ccc1NC(=O)C[NH+]1CCOCC1. The fraction of sp³-hybridized carbons (Fsp3) is 0.391. The van der Waals surface area contributed by atoms with Crippen LogP contribution in [0.15, 0.2) is 53.0 Å². The summed E-state index contributed by atoms with van der Waals surface area (Å²) in [6, 6.07) is 15.6. The molecule has 0 unspecified atom stereocenters. The number of nitrogens with two attached hydrogens (primary N) is 1. The van der Waals surface area contributed by atoms with E-state index < -0.39 is 0 Å². The molecule has 0 radical (unpaired) electrons. The Morgan fingerprint density at radius 3 is 2.65 bits per heavy atom. The van der Waals surface area contributed by atoms with Gasteiger partial charge in [-0.2, -0.15) is 0 Å². The number of quaternary nitrogens is 2. The molecule has 1 aliphatic heterocycles. The number of ether oxygens (including phenoxy) is 2. The largest absolute Gasteiger partial charge is 0.462 e.